The van der Waals surface area contributed by atoms with E-state index in [0.717, 1.165) is 47.5 Å². The standard InChI is InChI=1S/C40H43ClN2O4/c1-25-11-9-10-14-29(25)42-35(46)24-47-34-16-15-27(19-28(34)41)36-37-30(20-39(2,3)22-32(37)44)43(18-17-26-12-7-6-8-13-26)31-21-40(4,5)23-33(45)38(31)36/h6-16,19,36H,17-18,20-24H2,1-5H3,(H,42,46). The molecule has 0 unspecified atom stereocenters. The van der Waals surface area contributed by atoms with Crippen LogP contribution in [0.15, 0.2) is 95.3 Å². The van der Waals surface area contributed by atoms with Gasteiger partial charge in [0.25, 0.3) is 5.91 Å². The third-order valence-corrected chi connectivity index (χ3v) is 9.85. The first-order valence-corrected chi connectivity index (χ1v) is 16.8. The van der Waals surface area contributed by atoms with Crippen molar-refractivity contribution >= 4 is 34.8 Å². The van der Waals surface area contributed by atoms with Crippen LogP contribution >= 0.6 is 11.6 Å². The Morgan fingerprint density at radius 2 is 1.45 bits per heavy atom. The Bertz CT molecular complexity index is 1750. The molecule has 0 radical (unpaired) electrons. The molecule has 1 amide bonds. The summed E-state index contributed by atoms with van der Waals surface area (Å²) >= 11 is 6.81. The average molecular weight is 651 g/mol. The highest BCUT2D eigenvalue weighted by molar-refractivity contribution is 6.32. The topological polar surface area (TPSA) is 75.7 Å². The van der Waals surface area contributed by atoms with Crippen LogP contribution in [-0.4, -0.2) is 35.5 Å². The van der Waals surface area contributed by atoms with E-state index in [-0.39, 0.29) is 34.9 Å². The summed E-state index contributed by atoms with van der Waals surface area (Å²) < 4.78 is 5.84. The second-order valence-electron chi connectivity index (χ2n) is 14.8. The average Bonchev–Trinajstić information content (AvgIpc) is 2.99. The van der Waals surface area contributed by atoms with Gasteiger partial charge in [-0.15, -0.1) is 0 Å². The van der Waals surface area contributed by atoms with Crippen molar-refractivity contribution in [2.45, 2.75) is 72.6 Å². The van der Waals surface area contributed by atoms with E-state index < -0.39 is 5.92 Å². The van der Waals surface area contributed by atoms with Gasteiger partial charge in [-0.1, -0.05) is 93.9 Å². The quantitative estimate of drug-likeness (QED) is 0.264. The molecule has 0 fully saturated rings. The summed E-state index contributed by atoms with van der Waals surface area (Å²) in [5.74, 6) is -0.265. The van der Waals surface area contributed by atoms with Crippen molar-refractivity contribution in [3.05, 3.63) is 117 Å². The molecule has 0 saturated heterocycles. The Morgan fingerprint density at radius 3 is 2.04 bits per heavy atom. The zero-order chi connectivity index (χ0) is 33.5. The molecule has 1 aliphatic heterocycles. The smallest absolute Gasteiger partial charge is 0.262 e. The van der Waals surface area contributed by atoms with Crippen molar-refractivity contribution in [2.75, 3.05) is 18.5 Å². The Morgan fingerprint density at radius 1 is 0.851 bits per heavy atom. The zero-order valence-corrected chi connectivity index (χ0v) is 28.7. The highest BCUT2D eigenvalue weighted by atomic mass is 35.5. The van der Waals surface area contributed by atoms with Gasteiger partial charge in [-0.2, -0.15) is 0 Å². The Kier molecular flexibility index (Phi) is 8.92. The molecule has 6 rings (SSSR count). The van der Waals surface area contributed by atoms with Crippen molar-refractivity contribution in [1.29, 1.82) is 0 Å². The molecule has 1 N–H and O–H groups in total. The van der Waals surface area contributed by atoms with Crippen LogP contribution in [0.5, 0.6) is 5.75 Å². The number of halogens is 1. The van der Waals surface area contributed by atoms with E-state index in [1.165, 1.54) is 5.56 Å². The van der Waals surface area contributed by atoms with E-state index in [0.29, 0.717) is 41.3 Å². The van der Waals surface area contributed by atoms with E-state index in [1.807, 2.05) is 55.5 Å². The van der Waals surface area contributed by atoms with Crippen LogP contribution in [0, 0.1) is 17.8 Å². The van der Waals surface area contributed by atoms with Crippen LogP contribution in [0.1, 0.15) is 76.0 Å². The summed E-state index contributed by atoms with van der Waals surface area (Å²) in [5.41, 5.74) is 6.77. The van der Waals surface area contributed by atoms with Gasteiger partial charge >= 0.3 is 0 Å². The van der Waals surface area contributed by atoms with Crippen molar-refractivity contribution in [3.8, 4) is 5.75 Å². The summed E-state index contributed by atoms with van der Waals surface area (Å²) in [5, 5.41) is 3.20. The predicted octanol–water partition coefficient (Wildman–Crippen LogP) is 8.59. The Balaban J connectivity index is 1.36. The molecule has 0 atom stereocenters. The number of carbonyl (C=O) groups is 3. The van der Waals surface area contributed by atoms with Gasteiger partial charge in [0, 0.05) is 53.5 Å². The van der Waals surface area contributed by atoms with Crippen molar-refractivity contribution < 1.29 is 19.1 Å². The van der Waals surface area contributed by atoms with Gasteiger partial charge in [0.15, 0.2) is 18.2 Å². The lowest BCUT2D eigenvalue weighted by Crippen LogP contribution is -2.45. The van der Waals surface area contributed by atoms with Gasteiger partial charge in [0.1, 0.15) is 5.75 Å². The first-order valence-electron chi connectivity index (χ1n) is 16.4. The number of para-hydroxylation sites is 1. The SMILES string of the molecule is Cc1ccccc1NC(=O)COc1ccc(C2C3=C(CC(C)(C)CC3=O)N(CCc3ccccc3)C3=C2C(=O)CC(C)(C)C3)cc1Cl. The number of nitrogens with one attached hydrogen (secondary N) is 1. The maximum atomic E-state index is 14.1. The molecule has 2 aliphatic carbocycles. The first kappa shape index (κ1) is 32.8. The molecule has 0 aromatic heterocycles. The van der Waals surface area contributed by atoms with Crippen molar-refractivity contribution in [1.82, 2.24) is 4.90 Å². The summed E-state index contributed by atoms with van der Waals surface area (Å²) in [6.07, 6.45) is 3.13. The number of Topliss-reactive ketones (excluding diaryl/α,β-unsaturated/α-hetero) is 2. The second-order valence-corrected chi connectivity index (χ2v) is 15.2. The maximum absolute atomic E-state index is 14.1. The molecule has 1 heterocycles. The van der Waals surface area contributed by atoms with Crippen molar-refractivity contribution in [3.63, 3.8) is 0 Å². The number of carbonyl (C=O) groups excluding carboxylic acids is 3. The van der Waals surface area contributed by atoms with Crippen LogP contribution < -0.4 is 10.1 Å². The van der Waals surface area contributed by atoms with Crippen LogP contribution in [0.4, 0.5) is 5.69 Å². The highest BCUT2D eigenvalue weighted by Gasteiger charge is 2.49. The molecule has 0 bridgehead atoms. The largest absolute Gasteiger partial charge is 0.482 e. The number of allylic oxidation sites excluding steroid dienone is 4. The van der Waals surface area contributed by atoms with Crippen LogP contribution in [-0.2, 0) is 20.8 Å². The van der Waals surface area contributed by atoms with Gasteiger partial charge in [-0.25, -0.2) is 0 Å². The first-order chi connectivity index (χ1) is 22.3. The lowest BCUT2D eigenvalue weighted by Gasteiger charge is -2.49. The Hall–Kier alpha value is -4.16. The van der Waals surface area contributed by atoms with Gasteiger partial charge in [-0.05, 0) is 71.9 Å². The number of aryl methyl sites for hydroxylation is 1. The molecular weight excluding hydrogens is 608 g/mol. The molecule has 47 heavy (non-hydrogen) atoms. The number of amides is 1. The fourth-order valence-electron chi connectivity index (χ4n) is 7.39. The molecule has 0 spiro atoms. The molecule has 6 nitrogen and oxygen atoms in total. The highest BCUT2D eigenvalue weighted by Crippen LogP contribution is 2.54. The second kappa shape index (κ2) is 12.8. The third-order valence-electron chi connectivity index (χ3n) is 9.56. The molecule has 3 aliphatic rings. The zero-order valence-electron chi connectivity index (χ0n) is 27.9. The van der Waals surface area contributed by atoms with Crippen molar-refractivity contribution in [2.24, 2.45) is 10.8 Å². The normalized spacial score (nSPS) is 19.0. The van der Waals surface area contributed by atoms with Gasteiger partial charge in [-0.3, -0.25) is 14.4 Å². The molecule has 3 aromatic carbocycles. The summed E-state index contributed by atoms with van der Waals surface area (Å²) in [7, 11) is 0. The molecule has 7 heteroatoms. The number of hydrogen-bond acceptors (Lipinski definition) is 5. The number of ketones is 2. The minimum atomic E-state index is -0.504. The molecular formula is C40H43ClN2O4. The molecule has 244 valence electrons. The summed E-state index contributed by atoms with van der Waals surface area (Å²) in [6, 6.07) is 23.4. The van der Waals surface area contributed by atoms with Gasteiger partial charge in [0.05, 0.1) is 5.02 Å². The predicted molar refractivity (Wildman–Crippen MR) is 186 cm³/mol. The number of nitrogens with zero attached hydrogens (tertiary/aromatic N) is 1. The fraction of sp³-hybridized carbons (Fsp3) is 0.375. The van der Waals surface area contributed by atoms with Gasteiger partial charge in [0.2, 0.25) is 0 Å². The van der Waals surface area contributed by atoms with Crippen LogP contribution in [0.2, 0.25) is 5.02 Å². The van der Waals surface area contributed by atoms with Gasteiger partial charge < -0.3 is 15.0 Å². The minimum absolute atomic E-state index is 0.0828. The fourth-order valence-corrected chi connectivity index (χ4v) is 7.64. The van der Waals surface area contributed by atoms with Crippen LogP contribution in [0.25, 0.3) is 0 Å². The molecule has 0 saturated carbocycles. The summed E-state index contributed by atoms with van der Waals surface area (Å²) in [4.78, 5) is 43.3. The van der Waals surface area contributed by atoms with E-state index in [9.17, 15) is 14.4 Å². The number of benzene rings is 3. The lowest BCUT2D eigenvalue weighted by atomic mass is 9.63. The van der Waals surface area contributed by atoms with Crippen LogP contribution in [0.3, 0.4) is 0 Å². The number of ether oxygens (including phenoxy) is 1. The number of rotatable bonds is 8. The lowest BCUT2D eigenvalue weighted by molar-refractivity contribution is -0.120. The summed E-state index contributed by atoms with van der Waals surface area (Å²) in [6.45, 7) is 11.0. The van der Waals surface area contributed by atoms with E-state index in [1.54, 1.807) is 12.1 Å². The number of anilines is 1. The number of hydrogen-bond donors (Lipinski definition) is 1. The maximum Gasteiger partial charge on any atom is 0.262 e. The van der Waals surface area contributed by atoms with E-state index in [2.05, 4.69) is 50.0 Å². The Labute approximate surface area is 282 Å². The van der Waals surface area contributed by atoms with E-state index in [4.69, 9.17) is 16.3 Å². The monoisotopic (exact) mass is 650 g/mol. The van der Waals surface area contributed by atoms with E-state index >= 15 is 0 Å². The minimum Gasteiger partial charge on any atom is -0.482 e. The molecule has 3 aromatic rings. The third kappa shape index (κ3) is 6.94.